The van der Waals surface area contributed by atoms with Crippen molar-refractivity contribution in [2.45, 2.75) is 13.8 Å². The Hall–Kier alpha value is -2.15. The second kappa shape index (κ2) is 6.55. The van der Waals surface area contributed by atoms with Gasteiger partial charge in [-0.15, -0.1) is 0 Å². The van der Waals surface area contributed by atoms with Crippen LogP contribution >= 0.6 is 0 Å². The first-order valence-corrected chi connectivity index (χ1v) is 5.83. The Labute approximate surface area is 110 Å². The SMILES string of the molecule is C=C(C)C(=C)/C=C\C(=C)C(C)=Nc1ccccc1. The Morgan fingerprint density at radius 1 is 0.944 bits per heavy atom. The molecule has 1 aromatic rings. The molecule has 0 atom stereocenters. The molecule has 0 aromatic heterocycles. The molecular formula is C17H19N. The molecule has 0 saturated carbocycles. The van der Waals surface area contributed by atoms with Crippen LogP contribution in [-0.4, -0.2) is 5.71 Å². The number of rotatable bonds is 5. The summed E-state index contributed by atoms with van der Waals surface area (Å²) in [5.74, 6) is 0. The summed E-state index contributed by atoms with van der Waals surface area (Å²) < 4.78 is 0. The van der Waals surface area contributed by atoms with Crippen molar-refractivity contribution in [3.05, 3.63) is 78.9 Å². The summed E-state index contributed by atoms with van der Waals surface area (Å²) >= 11 is 0. The second-order valence-electron chi connectivity index (χ2n) is 4.20. The Balaban J connectivity index is 2.76. The van der Waals surface area contributed by atoms with E-state index in [9.17, 15) is 0 Å². The van der Waals surface area contributed by atoms with Gasteiger partial charge in [-0.25, -0.2) is 0 Å². The first kappa shape index (κ1) is 13.9. The second-order valence-corrected chi connectivity index (χ2v) is 4.20. The van der Waals surface area contributed by atoms with Gasteiger partial charge in [0.1, 0.15) is 0 Å². The Morgan fingerprint density at radius 3 is 2.06 bits per heavy atom. The van der Waals surface area contributed by atoms with E-state index < -0.39 is 0 Å². The van der Waals surface area contributed by atoms with Crippen molar-refractivity contribution in [3.8, 4) is 0 Å². The summed E-state index contributed by atoms with van der Waals surface area (Å²) in [4.78, 5) is 4.50. The molecule has 1 heteroatoms. The van der Waals surface area contributed by atoms with Crippen LogP contribution < -0.4 is 0 Å². The molecule has 0 amide bonds. The largest absolute Gasteiger partial charge is 0.253 e. The fraction of sp³-hybridized carbons (Fsp3) is 0.118. The summed E-state index contributed by atoms with van der Waals surface area (Å²) in [6, 6.07) is 9.84. The van der Waals surface area contributed by atoms with Crippen molar-refractivity contribution in [2.24, 2.45) is 4.99 Å². The fourth-order valence-corrected chi connectivity index (χ4v) is 1.23. The average molecular weight is 237 g/mol. The third-order valence-corrected chi connectivity index (χ3v) is 2.55. The van der Waals surface area contributed by atoms with Gasteiger partial charge >= 0.3 is 0 Å². The molecule has 1 aromatic carbocycles. The number of allylic oxidation sites excluding steroid dienone is 5. The molecule has 0 bridgehead atoms. The summed E-state index contributed by atoms with van der Waals surface area (Å²) in [6.45, 7) is 15.6. The van der Waals surface area contributed by atoms with Gasteiger partial charge in [0, 0.05) is 5.71 Å². The predicted molar refractivity (Wildman–Crippen MR) is 81.4 cm³/mol. The average Bonchev–Trinajstić information content (AvgIpc) is 2.36. The molecule has 0 N–H and O–H groups in total. The van der Waals surface area contributed by atoms with Crippen LogP contribution in [0.5, 0.6) is 0 Å². The first-order chi connectivity index (χ1) is 8.50. The molecule has 0 fully saturated rings. The van der Waals surface area contributed by atoms with E-state index in [2.05, 4.69) is 24.7 Å². The molecule has 1 nitrogen and oxygen atoms in total. The predicted octanol–water partition coefficient (Wildman–Crippen LogP) is 5.02. The molecular weight excluding hydrogens is 218 g/mol. The molecule has 0 spiro atoms. The number of nitrogens with zero attached hydrogens (tertiary/aromatic N) is 1. The van der Waals surface area contributed by atoms with Crippen LogP contribution in [-0.2, 0) is 0 Å². The number of hydrogen-bond donors (Lipinski definition) is 0. The fourth-order valence-electron chi connectivity index (χ4n) is 1.23. The van der Waals surface area contributed by atoms with Gasteiger partial charge in [-0.3, -0.25) is 4.99 Å². The lowest BCUT2D eigenvalue weighted by Crippen LogP contribution is -1.92. The van der Waals surface area contributed by atoms with Gasteiger partial charge in [0.2, 0.25) is 0 Å². The monoisotopic (exact) mass is 237 g/mol. The van der Waals surface area contributed by atoms with E-state index in [1.54, 1.807) is 0 Å². The lowest BCUT2D eigenvalue weighted by atomic mass is 10.1. The van der Waals surface area contributed by atoms with E-state index in [0.29, 0.717) is 0 Å². The Kier molecular flexibility index (Phi) is 5.06. The quantitative estimate of drug-likeness (QED) is 0.503. The van der Waals surface area contributed by atoms with E-state index >= 15 is 0 Å². The van der Waals surface area contributed by atoms with Crippen LogP contribution in [0.3, 0.4) is 0 Å². The molecule has 0 aliphatic rings. The van der Waals surface area contributed by atoms with Crippen LogP contribution in [0, 0.1) is 0 Å². The smallest absolute Gasteiger partial charge is 0.0633 e. The van der Waals surface area contributed by atoms with Crippen molar-refractivity contribution < 1.29 is 0 Å². The van der Waals surface area contributed by atoms with E-state index in [1.807, 2.05) is 56.3 Å². The standard InChI is InChI=1S/C17H19N/c1-13(2)14(3)11-12-15(4)16(5)18-17-9-7-6-8-10-17/h6-12H,1,3-4H2,2,5H3/b12-11-,18-16?. The number of para-hydroxylation sites is 1. The summed E-state index contributed by atoms with van der Waals surface area (Å²) in [6.07, 6.45) is 3.83. The minimum absolute atomic E-state index is 0.876. The van der Waals surface area contributed by atoms with E-state index in [4.69, 9.17) is 0 Å². The normalized spacial score (nSPS) is 11.6. The number of benzene rings is 1. The summed E-state index contributed by atoms with van der Waals surface area (Å²) in [5, 5.41) is 0. The van der Waals surface area contributed by atoms with Gasteiger partial charge in [-0.05, 0) is 37.1 Å². The zero-order valence-electron chi connectivity index (χ0n) is 11.1. The minimum atomic E-state index is 0.876. The van der Waals surface area contributed by atoms with Gasteiger partial charge in [-0.1, -0.05) is 55.7 Å². The highest BCUT2D eigenvalue weighted by Gasteiger charge is 1.96. The van der Waals surface area contributed by atoms with Gasteiger partial charge in [0.05, 0.1) is 5.69 Å². The zero-order chi connectivity index (χ0) is 13.5. The lowest BCUT2D eigenvalue weighted by molar-refractivity contribution is 1.46. The molecule has 0 aliphatic heterocycles. The molecule has 0 unspecified atom stereocenters. The van der Waals surface area contributed by atoms with Gasteiger partial charge in [-0.2, -0.15) is 0 Å². The van der Waals surface area contributed by atoms with Gasteiger partial charge < -0.3 is 0 Å². The maximum Gasteiger partial charge on any atom is 0.0633 e. The number of hydrogen-bond acceptors (Lipinski definition) is 1. The van der Waals surface area contributed by atoms with Crippen LogP contribution in [0.2, 0.25) is 0 Å². The van der Waals surface area contributed by atoms with E-state index in [1.165, 1.54) is 0 Å². The first-order valence-electron chi connectivity index (χ1n) is 5.83. The van der Waals surface area contributed by atoms with Gasteiger partial charge in [0.25, 0.3) is 0 Å². The van der Waals surface area contributed by atoms with E-state index in [0.717, 1.165) is 28.1 Å². The van der Waals surface area contributed by atoms with Crippen molar-refractivity contribution >= 4 is 11.4 Å². The topological polar surface area (TPSA) is 12.4 Å². The van der Waals surface area contributed by atoms with E-state index in [-0.39, 0.29) is 0 Å². The van der Waals surface area contributed by atoms with Crippen LogP contribution in [0.15, 0.2) is 83.9 Å². The van der Waals surface area contributed by atoms with Crippen LogP contribution in [0.1, 0.15) is 13.8 Å². The molecule has 18 heavy (non-hydrogen) atoms. The van der Waals surface area contributed by atoms with Crippen molar-refractivity contribution in [1.29, 1.82) is 0 Å². The molecule has 0 radical (unpaired) electrons. The Morgan fingerprint density at radius 2 is 1.50 bits per heavy atom. The third kappa shape index (κ3) is 4.38. The highest BCUT2D eigenvalue weighted by Crippen LogP contribution is 2.13. The maximum absolute atomic E-state index is 4.50. The molecule has 0 saturated heterocycles. The maximum atomic E-state index is 4.50. The van der Waals surface area contributed by atoms with Crippen molar-refractivity contribution in [2.75, 3.05) is 0 Å². The van der Waals surface area contributed by atoms with Crippen LogP contribution in [0.25, 0.3) is 0 Å². The molecule has 1 rings (SSSR count). The zero-order valence-corrected chi connectivity index (χ0v) is 11.1. The number of aliphatic imine (C=N–C) groups is 1. The molecule has 92 valence electrons. The Bertz CT molecular complexity index is 516. The highest BCUT2D eigenvalue weighted by molar-refractivity contribution is 6.01. The minimum Gasteiger partial charge on any atom is -0.253 e. The van der Waals surface area contributed by atoms with Crippen molar-refractivity contribution in [3.63, 3.8) is 0 Å². The van der Waals surface area contributed by atoms with Crippen molar-refractivity contribution in [1.82, 2.24) is 0 Å². The summed E-state index contributed by atoms with van der Waals surface area (Å²) in [5.41, 5.74) is 4.57. The third-order valence-electron chi connectivity index (χ3n) is 2.55. The van der Waals surface area contributed by atoms with Gasteiger partial charge in [0.15, 0.2) is 0 Å². The lowest BCUT2D eigenvalue weighted by Gasteiger charge is -2.01. The highest BCUT2D eigenvalue weighted by atomic mass is 14.7. The molecule has 0 heterocycles. The molecule has 0 aliphatic carbocycles. The summed E-state index contributed by atoms with van der Waals surface area (Å²) in [7, 11) is 0. The van der Waals surface area contributed by atoms with Crippen LogP contribution in [0.4, 0.5) is 5.69 Å².